The van der Waals surface area contributed by atoms with E-state index in [4.69, 9.17) is 11.6 Å². The van der Waals surface area contributed by atoms with E-state index < -0.39 is 11.1 Å². The Hall–Kier alpha value is 0.320. The van der Waals surface area contributed by atoms with Crippen LogP contribution in [0.15, 0.2) is 16.6 Å². The summed E-state index contributed by atoms with van der Waals surface area (Å²) in [5.41, 5.74) is -0.0690. The van der Waals surface area contributed by atoms with Crippen LogP contribution in [-0.4, -0.2) is 5.24 Å². The van der Waals surface area contributed by atoms with E-state index in [1.165, 1.54) is 6.07 Å². The van der Waals surface area contributed by atoms with Gasteiger partial charge in [-0.3, -0.25) is 4.79 Å². The largest absolute Gasteiger partial charge is 0.275 e. The maximum Gasteiger partial charge on any atom is 0.256 e. The minimum absolute atomic E-state index is 0.0690. The molecule has 0 N–H and O–H groups in total. The fourth-order valence-corrected chi connectivity index (χ4v) is 2.78. The molecule has 0 aliphatic heterocycles. The molecule has 1 nitrogen and oxygen atoms in total. The number of hydrogen-bond acceptors (Lipinski definition) is 1. The van der Waals surface area contributed by atoms with Crippen LogP contribution in [-0.2, 0) is 0 Å². The van der Waals surface area contributed by atoms with Gasteiger partial charge in [-0.15, -0.1) is 0 Å². The van der Waals surface area contributed by atoms with Crippen molar-refractivity contribution >= 4 is 55.4 Å². The van der Waals surface area contributed by atoms with Crippen LogP contribution < -0.4 is 0 Å². The van der Waals surface area contributed by atoms with Crippen molar-refractivity contribution in [3.8, 4) is 0 Å². The van der Waals surface area contributed by atoms with E-state index in [1.54, 1.807) is 6.07 Å². The van der Waals surface area contributed by atoms with Crippen LogP contribution in [0.2, 0.25) is 0 Å². The molecule has 0 aliphatic rings. The molecule has 0 saturated heterocycles. The fraction of sp³-hybridized carbons (Fsp3) is 0. The van der Waals surface area contributed by atoms with E-state index in [9.17, 15) is 9.18 Å². The second-order valence-corrected chi connectivity index (χ2v) is 4.44. The third kappa shape index (κ3) is 2.17. The predicted molar refractivity (Wildman–Crippen MR) is 57.0 cm³/mol. The number of carbonyl (C=O) groups excluding carboxylic acids is 1. The van der Waals surface area contributed by atoms with Crippen molar-refractivity contribution in [3.05, 3.63) is 31.6 Å². The lowest BCUT2D eigenvalue weighted by molar-refractivity contribution is 0.107. The number of rotatable bonds is 1. The molecule has 0 unspecified atom stereocenters. The Morgan fingerprint density at radius 1 is 1.58 bits per heavy atom. The second-order valence-electron chi connectivity index (χ2n) is 2.02. The van der Waals surface area contributed by atoms with E-state index in [2.05, 4.69) is 15.9 Å². The Balaban J connectivity index is 3.38. The fourth-order valence-electron chi connectivity index (χ4n) is 0.730. The molecular formula is C7H2BrClFIO. The molecule has 1 aromatic carbocycles. The summed E-state index contributed by atoms with van der Waals surface area (Å²) in [7, 11) is 0. The van der Waals surface area contributed by atoms with Gasteiger partial charge in [0.1, 0.15) is 5.82 Å². The zero-order chi connectivity index (χ0) is 9.30. The summed E-state index contributed by atoms with van der Waals surface area (Å²) in [6, 6.07) is 2.83. The average Bonchev–Trinajstić information content (AvgIpc) is 1.82. The summed E-state index contributed by atoms with van der Waals surface area (Å²) >= 11 is 10.1. The van der Waals surface area contributed by atoms with Crippen LogP contribution in [0.25, 0.3) is 0 Å². The summed E-state index contributed by atoms with van der Waals surface area (Å²) < 4.78 is 14.1. The first-order valence-corrected chi connectivity index (χ1v) is 5.11. The van der Waals surface area contributed by atoms with Gasteiger partial charge in [0.25, 0.3) is 5.24 Å². The Labute approximate surface area is 95.6 Å². The van der Waals surface area contributed by atoms with Crippen LogP contribution in [0.3, 0.4) is 0 Å². The molecule has 5 heteroatoms. The molecular weight excluding hydrogens is 361 g/mol. The molecule has 0 fully saturated rings. The van der Waals surface area contributed by atoms with Crippen LogP contribution in [0.1, 0.15) is 10.4 Å². The molecule has 0 bridgehead atoms. The molecule has 0 amide bonds. The zero-order valence-electron chi connectivity index (χ0n) is 5.57. The van der Waals surface area contributed by atoms with Crippen LogP contribution in [0.4, 0.5) is 4.39 Å². The van der Waals surface area contributed by atoms with Crippen LogP contribution in [0, 0.1) is 9.39 Å². The standard InChI is InChI=1S/C7H2BrClFIO/c8-3-1-4(10)6(7(9)12)5(11)2-3/h1-2H. The highest BCUT2D eigenvalue weighted by Crippen LogP contribution is 2.23. The maximum atomic E-state index is 13.0. The minimum atomic E-state index is -0.774. The van der Waals surface area contributed by atoms with Crippen molar-refractivity contribution in [3.63, 3.8) is 0 Å². The SMILES string of the molecule is O=C(Cl)c1c(F)cc(Br)cc1I. The topological polar surface area (TPSA) is 17.1 Å². The van der Waals surface area contributed by atoms with E-state index >= 15 is 0 Å². The molecule has 1 rings (SSSR count). The van der Waals surface area contributed by atoms with E-state index in [0.29, 0.717) is 8.04 Å². The van der Waals surface area contributed by atoms with Gasteiger partial charge in [-0.1, -0.05) is 15.9 Å². The molecule has 1 aromatic rings. The van der Waals surface area contributed by atoms with Crippen molar-refractivity contribution in [2.24, 2.45) is 0 Å². The van der Waals surface area contributed by atoms with Crippen molar-refractivity contribution in [2.75, 3.05) is 0 Å². The van der Waals surface area contributed by atoms with Gasteiger partial charge in [0.05, 0.1) is 5.56 Å². The molecule has 64 valence electrons. The summed E-state index contributed by atoms with van der Waals surface area (Å²) in [5.74, 6) is -0.603. The first-order valence-electron chi connectivity index (χ1n) is 2.86. The highest BCUT2D eigenvalue weighted by atomic mass is 127. The van der Waals surface area contributed by atoms with Gasteiger partial charge in [-0.2, -0.15) is 0 Å². The first-order chi connectivity index (χ1) is 5.52. The Morgan fingerprint density at radius 3 is 2.58 bits per heavy atom. The highest BCUT2D eigenvalue weighted by molar-refractivity contribution is 14.1. The molecule has 0 radical (unpaired) electrons. The first kappa shape index (κ1) is 10.4. The van der Waals surface area contributed by atoms with Crippen LogP contribution in [0.5, 0.6) is 0 Å². The summed E-state index contributed by atoms with van der Waals surface area (Å²) in [6.45, 7) is 0. The van der Waals surface area contributed by atoms with Gasteiger partial charge >= 0.3 is 0 Å². The maximum absolute atomic E-state index is 13.0. The minimum Gasteiger partial charge on any atom is -0.275 e. The second kappa shape index (κ2) is 4.02. The average molecular weight is 363 g/mol. The summed E-state index contributed by atoms with van der Waals surface area (Å²) in [4.78, 5) is 10.7. The lowest BCUT2D eigenvalue weighted by Crippen LogP contribution is -1.98. The smallest absolute Gasteiger partial charge is 0.256 e. The molecule has 0 atom stereocenters. The quantitative estimate of drug-likeness (QED) is 0.551. The molecule has 0 saturated carbocycles. The molecule has 0 spiro atoms. The Morgan fingerprint density at radius 2 is 2.17 bits per heavy atom. The van der Waals surface area contributed by atoms with Crippen molar-refractivity contribution in [2.45, 2.75) is 0 Å². The summed E-state index contributed by atoms with van der Waals surface area (Å²) in [6.07, 6.45) is 0. The van der Waals surface area contributed by atoms with Gasteiger partial charge in [0, 0.05) is 8.04 Å². The number of hydrogen-bond donors (Lipinski definition) is 0. The van der Waals surface area contributed by atoms with Crippen molar-refractivity contribution in [1.82, 2.24) is 0 Å². The third-order valence-electron chi connectivity index (χ3n) is 1.20. The predicted octanol–water partition coefficient (Wildman–Crippen LogP) is 3.57. The molecule has 12 heavy (non-hydrogen) atoms. The Kier molecular flexibility index (Phi) is 3.48. The van der Waals surface area contributed by atoms with Gasteiger partial charge in [-0.05, 0) is 46.3 Å². The van der Waals surface area contributed by atoms with Crippen molar-refractivity contribution < 1.29 is 9.18 Å². The van der Waals surface area contributed by atoms with Gasteiger partial charge in [-0.25, -0.2) is 4.39 Å². The van der Waals surface area contributed by atoms with Crippen molar-refractivity contribution in [1.29, 1.82) is 0 Å². The third-order valence-corrected chi connectivity index (χ3v) is 2.70. The lowest BCUT2D eigenvalue weighted by atomic mass is 10.2. The van der Waals surface area contributed by atoms with E-state index in [-0.39, 0.29) is 5.56 Å². The number of carbonyl (C=O) groups is 1. The summed E-state index contributed by atoms with van der Waals surface area (Å²) in [5, 5.41) is -0.774. The number of benzene rings is 1. The normalized spacial score (nSPS) is 10.0. The lowest BCUT2D eigenvalue weighted by Gasteiger charge is -2.00. The van der Waals surface area contributed by atoms with Gasteiger partial charge < -0.3 is 0 Å². The van der Waals surface area contributed by atoms with E-state index in [0.717, 1.165) is 0 Å². The Bertz CT molecular complexity index is 319. The monoisotopic (exact) mass is 362 g/mol. The van der Waals surface area contributed by atoms with Gasteiger partial charge in [0.15, 0.2) is 0 Å². The van der Waals surface area contributed by atoms with E-state index in [1.807, 2.05) is 22.6 Å². The molecule has 0 aliphatic carbocycles. The number of halogens is 4. The highest BCUT2D eigenvalue weighted by Gasteiger charge is 2.13. The zero-order valence-corrected chi connectivity index (χ0v) is 10.1. The van der Waals surface area contributed by atoms with Gasteiger partial charge in [0.2, 0.25) is 0 Å². The van der Waals surface area contributed by atoms with Crippen LogP contribution >= 0.6 is 50.1 Å². The molecule has 0 aromatic heterocycles. The molecule has 0 heterocycles.